The SMILES string of the molecule is COC(=O)N[C@H](C(=O)N1CCC[C@H]1c1ncc(-c2ccc(-c3ccc(-c4cnc([C@@H]5C[C@@]6(CCCO6)CN5C(=O)C5(NC(=O)OC)CC5)[nH]4)cc3)cc2)[nH]1)C(C)C. The van der Waals surface area contributed by atoms with Gasteiger partial charge in [-0.25, -0.2) is 19.6 Å². The zero-order chi connectivity index (χ0) is 39.9. The number of amides is 4. The van der Waals surface area contributed by atoms with Gasteiger partial charge >= 0.3 is 12.2 Å². The number of hydrogen-bond acceptors (Lipinski definition) is 9. The minimum Gasteiger partial charge on any atom is -0.453 e. The molecule has 1 saturated carbocycles. The number of hydrogen-bond donors (Lipinski definition) is 4. The van der Waals surface area contributed by atoms with E-state index in [1.165, 1.54) is 14.2 Å². The molecule has 15 nitrogen and oxygen atoms in total. The molecule has 1 spiro atoms. The molecule has 8 rings (SSSR count). The molecule has 0 unspecified atom stereocenters. The van der Waals surface area contributed by atoms with Crippen LogP contribution in [-0.4, -0.2) is 105 Å². The molecule has 4 N–H and O–H groups in total. The van der Waals surface area contributed by atoms with Crippen LogP contribution in [0.25, 0.3) is 33.6 Å². The number of benzene rings is 2. The van der Waals surface area contributed by atoms with Crippen LogP contribution in [0.3, 0.4) is 0 Å². The maximum Gasteiger partial charge on any atom is 0.407 e. The molecule has 4 amide bonds. The number of ether oxygens (including phenoxy) is 3. The van der Waals surface area contributed by atoms with Crippen LogP contribution in [0.15, 0.2) is 60.9 Å². The molecule has 4 fully saturated rings. The van der Waals surface area contributed by atoms with E-state index >= 15 is 0 Å². The van der Waals surface area contributed by atoms with Gasteiger partial charge in [0.1, 0.15) is 23.2 Å². The predicted molar refractivity (Wildman–Crippen MR) is 209 cm³/mol. The molecule has 300 valence electrons. The quantitative estimate of drug-likeness (QED) is 0.153. The Balaban J connectivity index is 0.940. The van der Waals surface area contributed by atoms with Crippen molar-refractivity contribution in [1.29, 1.82) is 0 Å². The van der Waals surface area contributed by atoms with Gasteiger partial charge in [0.05, 0.1) is 62.2 Å². The number of carbonyl (C=O) groups is 4. The van der Waals surface area contributed by atoms with Crippen molar-refractivity contribution in [2.75, 3.05) is 33.9 Å². The summed E-state index contributed by atoms with van der Waals surface area (Å²) in [7, 11) is 2.59. The Bertz CT molecular complexity index is 2120. The predicted octanol–water partition coefficient (Wildman–Crippen LogP) is 5.89. The highest BCUT2D eigenvalue weighted by Crippen LogP contribution is 2.48. The summed E-state index contributed by atoms with van der Waals surface area (Å²) in [4.78, 5) is 71.6. The highest BCUT2D eigenvalue weighted by Gasteiger charge is 2.59. The van der Waals surface area contributed by atoms with Crippen molar-refractivity contribution in [2.24, 2.45) is 5.92 Å². The van der Waals surface area contributed by atoms with Gasteiger partial charge in [-0.15, -0.1) is 0 Å². The van der Waals surface area contributed by atoms with Gasteiger partial charge in [-0.1, -0.05) is 62.4 Å². The maximum absolute atomic E-state index is 13.9. The molecule has 0 bridgehead atoms. The van der Waals surface area contributed by atoms with E-state index in [0.29, 0.717) is 44.8 Å². The summed E-state index contributed by atoms with van der Waals surface area (Å²) in [5.41, 5.74) is 4.39. The van der Waals surface area contributed by atoms with E-state index in [0.717, 1.165) is 65.1 Å². The van der Waals surface area contributed by atoms with Gasteiger partial charge in [-0.05, 0) is 66.7 Å². The number of nitrogens with one attached hydrogen (secondary N) is 4. The Kier molecular flexibility index (Phi) is 10.3. The van der Waals surface area contributed by atoms with Crippen LogP contribution in [0, 0.1) is 5.92 Å². The molecule has 4 atom stereocenters. The Morgan fingerprint density at radius 1 is 0.789 bits per heavy atom. The third-order valence-electron chi connectivity index (χ3n) is 12.0. The molecule has 4 aromatic rings. The summed E-state index contributed by atoms with van der Waals surface area (Å²) in [6.45, 7) is 5.52. The zero-order valence-corrected chi connectivity index (χ0v) is 32.8. The first-order valence-corrected chi connectivity index (χ1v) is 19.8. The van der Waals surface area contributed by atoms with E-state index in [2.05, 4.69) is 74.1 Å². The molecule has 15 heteroatoms. The molecule has 0 radical (unpaired) electrons. The van der Waals surface area contributed by atoms with Crippen LogP contribution in [-0.2, 0) is 23.8 Å². The van der Waals surface area contributed by atoms with E-state index in [4.69, 9.17) is 19.2 Å². The van der Waals surface area contributed by atoms with Crippen LogP contribution in [0.4, 0.5) is 9.59 Å². The molecular formula is C42H50N8O7. The Labute approximate surface area is 331 Å². The van der Waals surface area contributed by atoms with E-state index < -0.39 is 29.4 Å². The summed E-state index contributed by atoms with van der Waals surface area (Å²) in [5, 5.41) is 5.48. The van der Waals surface area contributed by atoms with Gasteiger partial charge in [0.15, 0.2) is 0 Å². The highest BCUT2D eigenvalue weighted by atomic mass is 16.5. The zero-order valence-electron chi connectivity index (χ0n) is 32.8. The van der Waals surface area contributed by atoms with E-state index in [1.807, 2.05) is 24.9 Å². The second-order valence-electron chi connectivity index (χ2n) is 16.1. The molecule has 2 aromatic carbocycles. The molecule has 3 saturated heterocycles. The standard InChI is InChI=1S/C42H50N8O7/c1-25(2)34(47-39(53)55-3)37(51)49-19-5-7-32(49)35-43-22-30(45-35)28-12-8-26(9-13-28)27-10-14-29(15-11-27)31-23-44-36(46-31)33-21-41(16-6-20-57-41)24-50(33)38(52)42(17-18-42)48-40(54)56-4/h8-15,22-23,25,32-34H,5-7,16-21,24H2,1-4H3,(H,43,45)(H,44,46)(H,47,53)(H,48,54)/t32-,33-,34-,41-/m0/s1. The Morgan fingerprint density at radius 3 is 1.89 bits per heavy atom. The van der Waals surface area contributed by atoms with Gasteiger partial charge in [-0.2, -0.15) is 0 Å². The smallest absolute Gasteiger partial charge is 0.407 e. The van der Waals surface area contributed by atoms with Gasteiger partial charge in [-0.3, -0.25) is 9.59 Å². The fraction of sp³-hybridized carbons (Fsp3) is 0.476. The first kappa shape index (κ1) is 38.2. The summed E-state index contributed by atoms with van der Waals surface area (Å²) < 4.78 is 15.8. The molecule has 2 aromatic heterocycles. The summed E-state index contributed by atoms with van der Waals surface area (Å²) in [6, 6.07) is 15.3. The second kappa shape index (κ2) is 15.3. The van der Waals surface area contributed by atoms with Crippen LogP contribution in [0.2, 0.25) is 0 Å². The third-order valence-corrected chi connectivity index (χ3v) is 12.0. The number of imidazole rings is 2. The fourth-order valence-electron chi connectivity index (χ4n) is 8.67. The summed E-state index contributed by atoms with van der Waals surface area (Å²) in [5.74, 6) is 1.05. The van der Waals surface area contributed by atoms with Crippen molar-refractivity contribution in [3.63, 3.8) is 0 Å². The van der Waals surface area contributed by atoms with Gasteiger partial charge in [0, 0.05) is 19.6 Å². The second-order valence-corrected chi connectivity index (χ2v) is 16.1. The number of H-pyrrole nitrogens is 2. The van der Waals surface area contributed by atoms with Crippen LogP contribution in [0.5, 0.6) is 0 Å². The van der Waals surface area contributed by atoms with Gasteiger partial charge < -0.3 is 44.6 Å². The molecule has 4 aliphatic rings. The van der Waals surface area contributed by atoms with Crippen LogP contribution >= 0.6 is 0 Å². The normalized spacial score (nSPS) is 22.8. The monoisotopic (exact) mass is 778 g/mol. The van der Waals surface area contributed by atoms with Gasteiger partial charge in [0.2, 0.25) is 11.8 Å². The number of nitrogens with zero attached hydrogens (tertiary/aromatic N) is 4. The lowest BCUT2D eigenvalue weighted by Gasteiger charge is -2.30. The Hall–Kier alpha value is -5.70. The van der Waals surface area contributed by atoms with Crippen molar-refractivity contribution in [3.8, 4) is 33.6 Å². The number of carbonyl (C=O) groups excluding carboxylic acids is 4. The number of aromatic nitrogens is 4. The number of methoxy groups -OCH3 is 2. The van der Waals surface area contributed by atoms with Crippen molar-refractivity contribution >= 4 is 24.0 Å². The minimum absolute atomic E-state index is 0.107. The first-order valence-electron chi connectivity index (χ1n) is 19.8. The van der Waals surface area contributed by atoms with Crippen molar-refractivity contribution in [2.45, 2.75) is 88.1 Å². The Morgan fingerprint density at radius 2 is 1.37 bits per heavy atom. The summed E-state index contributed by atoms with van der Waals surface area (Å²) in [6.07, 6.45) is 7.62. The van der Waals surface area contributed by atoms with Crippen LogP contribution in [0.1, 0.15) is 82.5 Å². The van der Waals surface area contributed by atoms with Crippen molar-refractivity contribution < 1.29 is 33.4 Å². The van der Waals surface area contributed by atoms with E-state index in [1.54, 1.807) is 11.1 Å². The molecule has 57 heavy (non-hydrogen) atoms. The average molecular weight is 779 g/mol. The van der Waals surface area contributed by atoms with Gasteiger partial charge in [0.25, 0.3) is 0 Å². The molecule has 3 aliphatic heterocycles. The molecule has 1 aliphatic carbocycles. The third kappa shape index (κ3) is 7.47. The van der Waals surface area contributed by atoms with Crippen LogP contribution < -0.4 is 10.6 Å². The molecular weight excluding hydrogens is 729 g/mol. The fourth-order valence-corrected chi connectivity index (χ4v) is 8.67. The van der Waals surface area contributed by atoms with Crippen molar-refractivity contribution in [1.82, 2.24) is 40.4 Å². The number of rotatable bonds is 10. The lowest BCUT2D eigenvalue weighted by Crippen LogP contribution is -2.51. The average Bonchev–Trinajstić information content (AvgIpc) is 3.89. The van der Waals surface area contributed by atoms with E-state index in [9.17, 15) is 19.2 Å². The lowest BCUT2D eigenvalue weighted by molar-refractivity contribution is -0.136. The number of alkyl carbamates (subject to hydrolysis) is 2. The molecule has 5 heterocycles. The summed E-state index contributed by atoms with van der Waals surface area (Å²) >= 11 is 0. The van der Waals surface area contributed by atoms with E-state index in [-0.39, 0.29) is 29.8 Å². The number of aromatic amines is 2. The van der Waals surface area contributed by atoms with Crippen molar-refractivity contribution in [3.05, 3.63) is 72.6 Å². The number of likely N-dealkylation sites (tertiary alicyclic amines) is 2. The largest absolute Gasteiger partial charge is 0.453 e. The minimum atomic E-state index is -0.941. The maximum atomic E-state index is 13.9. The highest BCUT2D eigenvalue weighted by molar-refractivity contribution is 5.93. The topological polar surface area (TPSA) is 184 Å². The lowest BCUT2D eigenvalue weighted by atomic mass is 9.96. The first-order chi connectivity index (χ1) is 27.5.